The molecule has 0 spiro atoms. The van der Waals surface area contributed by atoms with Crippen molar-refractivity contribution in [2.45, 2.75) is 37.8 Å². The highest BCUT2D eigenvalue weighted by Gasteiger charge is 2.26. The van der Waals surface area contributed by atoms with E-state index in [2.05, 4.69) is 5.10 Å². The summed E-state index contributed by atoms with van der Waals surface area (Å²) in [6.07, 6.45) is 5.81. The van der Waals surface area contributed by atoms with E-state index in [1.807, 2.05) is 0 Å². The van der Waals surface area contributed by atoms with Crippen LogP contribution in [0.3, 0.4) is 0 Å². The Morgan fingerprint density at radius 3 is 2.87 bits per heavy atom. The average Bonchev–Trinajstić information content (AvgIpc) is 2.67. The first kappa shape index (κ1) is 10.1. The third-order valence-electron chi connectivity index (χ3n) is 2.83. The maximum absolute atomic E-state index is 10.5. The predicted octanol–water partition coefficient (Wildman–Crippen LogP) is 1.27. The highest BCUT2D eigenvalue weighted by molar-refractivity contribution is 5.21. The van der Waals surface area contributed by atoms with Gasteiger partial charge in [0.15, 0.2) is 0 Å². The number of aliphatic hydroxyl groups is 1. The van der Waals surface area contributed by atoms with Gasteiger partial charge in [-0.25, -0.2) is 0 Å². The summed E-state index contributed by atoms with van der Waals surface area (Å²) in [5.74, 6) is 0. The van der Waals surface area contributed by atoms with Gasteiger partial charge in [0.2, 0.25) is 0 Å². The topological polar surface area (TPSA) is 81.2 Å². The van der Waals surface area contributed by atoms with Crippen molar-refractivity contribution in [3.63, 3.8) is 0 Å². The normalized spacial score (nSPS) is 26.5. The second kappa shape index (κ2) is 3.98. The van der Waals surface area contributed by atoms with Crippen molar-refractivity contribution in [3.8, 4) is 0 Å². The number of hydrogen-bond donors (Lipinski definition) is 1. The molecule has 0 aromatic carbocycles. The minimum absolute atomic E-state index is 0.0206. The minimum atomic E-state index is -0.474. The summed E-state index contributed by atoms with van der Waals surface area (Å²) in [6, 6.07) is -0.104. The monoisotopic (exact) mass is 211 g/mol. The number of nitrogens with zero attached hydrogens (tertiary/aromatic N) is 3. The van der Waals surface area contributed by atoms with Crippen LogP contribution in [-0.4, -0.2) is 25.9 Å². The molecule has 15 heavy (non-hydrogen) atoms. The molecule has 1 saturated carbocycles. The Kier molecular flexibility index (Phi) is 2.68. The second-order valence-electron chi connectivity index (χ2n) is 3.85. The Labute approximate surface area is 86.7 Å². The van der Waals surface area contributed by atoms with E-state index in [4.69, 9.17) is 0 Å². The van der Waals surface area contributed by atoms with Crippen LogP contribution in [0.5, 0.6) is 0 Å². The molecular formula is C9H13N3O3. The van der Waals surface area contributed by atoms with Crippen LogP contribution in [-0.2, 0) is 0 Å². The zero-order chi connectivity index (χ0) is 10.8. The quantitative estimate of drug-likeness (QED) is 0.590. The van der Waals surface area contributed by atoms with Gasteiger partial charge < -0.3 is 5.11 Å². The van der Waals surface area contributed by atoms with Crippen LogP contribution in [0.15, 0.2) is 12.4 Å². The van der Waals surface area contributed by atoms with Crippen molar-refractivity contribution in [2.75, 3.05) is 0 Å². The van der Waals surface area contributed by atoms with E-state index < -0.39 is 11.0 Å². The Morgan fingerprint density at radius 2 is 2.27 bits per heavy atom. The third-order valence-corrected chi connectivity index (χ3v) is 2.83. The number of rotatable bonds is 2. The molecule has 82 valence electrons. The Morgan fingerprint density at radius 1 is 1.53 bits per heavy atom. The molecule has 1 N–H and O–H groups in total. The molecule has 6 nitrogen and oxygen atoms in total. The first-order chi connectivity index (χ1) is 7.18. The molecule has 0 saturated heterocycles. The van der Waals surface area contributed by atoms with Gasteiger partial charge in [-0.05, 0) is 12.8 Å². The Hall–Kier alpha value is -1.43. The van der Waals surface area contributed by atoms with Crippen LogP contribution in [0.1, 0.15) is 31.7 Å². The first-order valence-electron chi connectivity index (χ1n) is 5.05. The summed E-state index contributed by atoms with van der Waals surface area (Å²) in [4.78, 5) is 9.99. The number of aromatic nitrogens is 2. The van der Waals surface area contributed by atoms with Gasteiger partial charge in [0.25, 0.3) is 0 Å². The molecule has 1 aromatic rings. The molecule has 0 unspecified atom stereocenters. The lowest BCUT2D eigenvalue weighted by atomic mass is 9.93. The van der Waals surface area contributed by atoms with Gasteiger partial charge in [-0.2, -0.15) is 5.10 Å². The Bertz CT molecular complexity index is 363. The van der Waals surface area contributed by atoms with Gasteiger partial charge in [-0.15, -0.1) is 0 Å². The maximum atomic E-state index is 10.5. The van der Waals surface area contributed by atoms with Crippen LogP contribution >= 0.6 is 0 Å². The summed E-state index contributed by atoms with van der Waals surface area (Å²) in [5.41, 5.74) is -0.0206. The standard InChI is InChI=1S/C9H13N3O3/c13-9-4-2-1-3-8(9)11-6-7(5-10-11)12(14)15/h5-6,8-9,13H,1-4H2/t8-,9-/m1/s1. The summed E-state index contributed by atoms with van der Waals surface area (Å²) in [5, 5.41) is 24.1. The van der Waals surface area contributed by atoms with E-state index in [0.717, 1.165) is 25.7 Å². The van der Waals surface area contributed by atoms with Crippen molar-refractivity contribution in [2.24, 2.45) is 0 Å². The SMILES string of the molecule is O=[N+]([O-])c1cnn([C@@H]2CCCC[C@H]2O)c1. The minimum Gasteiger partial charge on any atom is -0.391 e. The van der Waals surface area contributed by atoms with Crippen molar-refractivity contribution < 1.29 is 10.0 Å². The molecule has 1 fully saturated rings. The molecule has 0 bridgehead atoms. The predicted molar refractivity (Wildman–Crippen MR) is 52.4 cm³/mol. The second-order valence-corrected chi connectivity index (χ2v) is 3.85. The fraction of sp³-hybridized carbons (Fsp3) is 0.667. The van der Waals surface area contributed by atoms with Crippen molar-refractivity contribution >= 4 is 5.69 Å². The van der Waals surface area contributed by atoms with Crippen LogP contribution < -0.4 is 0 Å². The smallest absolute Gasteiger partial charge is 0.307 e. The van der Waals surface area contributed by atoms with E-state index in [-0.39, 0.29) is 11.7 Å². The Balaban J connectivity index is 2.17. The molecule has 1 heterocycles. The van der Waals surface area contributed by atoms with E-state index in [1.54, 1.807) is 0 Å². The lowest BCUT2D eigenvalue weighted by Crippen LogP contribution is -2.27. The van der Waals surface area contributed by atoms with Crippen LogP contribution in [0, 0.1) is 10.1 Å². The number of nitro groups is 1. The fourth-order valence-electron chi connectivity index (χ4n) is 2.00. The number of aliphatic hydroxyl groups excluding tert-OH is 1. The van der Waals surface area contributed by atoms with Crippen LogP contribution in [0.25, 0.3) is 0 Å². The van der Waals surface area contributed by atoms with Gasteiger partial charge in [-0.1, -0.05) is 12.8 Å². The van der Waals surface area contributed by atoms with Gasteiger partial charge in [0, 0.05) is 0 Å². The summed E-state index contributed by atoms with van der Waals surface area (Å²) >= 11 is 0. The molecule has 0 amide bonds. The van der Waals surface area contributed by atoms with Gasteiger partial charge in [0.05, 0.1) is 17.1 Å². The molecule has 2 atom stereocenters. The fourth-order valence-corrected chi connectivity index (χ4v) is 2.00. The van der Waals surface area contributed by atoms with Gasteiger partial charge >= 0.3 is 5.69 Å². The van der Waals surface area contributed by atoms with E-state index in [9.17, 15) is 15.2 Å². The van der Waals surface area contributed by atoms with Crippen LogP contribution in [0.4, 0.5) is 5.69 Å². The highest BCUT2D eigenvalue weighted by Crippen LogP contribution is 2.28. The van der Waals surface area contributed by atoms with Crippen molar-refractivity contribution in [3.05, 3.63) is 22.5 Å². The van der Waals surface area contributed by atoms with E-state index >= 15 is 0 Å². The van der Waals surface area contributed by atoms with E-state index in [1.165, 1.54) is 17.1 Å². The zero-order valence-corrected chi connectivity index (χ0v) is 8.24. The van der Waals surface area contributed by atoms with Gasteiger partial charge in [-0.3, -0.25) is 14.8 Å². The number of hydrogen-bond acceptors (Lipinski definition) is 4. The zero-order valence-electron chi connectivity index (χ0n) is 8.24. The lowest BCUT2D eigenvalue weighted by Gasteiger charge is -2.27. The molecule has 1 aliphatic rings. The van der Waals surface area contributed by atoms with Gasteiger partial charge in [0.1, 0.15) is 12.4 Å². The molecule has 1 aliphatic carbocycles. The largest absolute Gasteiger partial charge is 0.391 e. The van der Waals surface area contributed by atoms with Crippen LogP contribution in [0.2, 0.25) is 0 Å². The van der Waals surface area contributed by atoms with E-state index in [0.29, 0.717) is 0 Å². The average molecular weight is 211 g/mol. The summed E-state index contributed by atoms with van der Waals surface area (Å²) < 4.78 is 1.52. The maximum Gasteiger partial charge on any atom is 0.307 e. The summed E-state index contributed by atoms with van der Waals surface area (Å²) in [6.45, 7) is 0. The molecule has 6 heteroatoms. The summed E-state index contributed by atoms with van der Waals surface area (Å²) in [7, 11) is 0. The lowest BCUT2D eigenvalue weighted by molar-refractivity contribution is -0.385. The van der Waals surface area contributed by atoms with Crippen molar-refractivity contribution in [1.29, 1.82) is 0 Å². The molecule has 0 radical (unpaired) electrons. The molecule has 2 rings (SSSR count). The molecule has 0 aliphatic heterocycles. The highest BCUT2D eigenvalue weighted by atomic mass is 16.6. The third kappa shape index (κ3) is 1.99. The van der Waals surface area contributed by atoms with Crippen molar-refractivity contribution in [1.82, 2.24) is 9.78 Å². The molecule has 1 aromatic heterocycles. The molecular weight excluding hydrogens is 198 g/mol. The first-order valence-corrected chi connectivity index (χ1v) is 5.05.